The van der Waals surface area contributed by atoms with E-state index in [1.165, 1.54) is 25.2 Å². The number of hydrogen-bond donors (Lipinski definition) is 0. The van der Waals surface area contributed by atoms with Gasteiger partial charge in [-0.1, -0.05) is 31.5 Å². The highest BCUT2D eigenvalue weighted by molar-refractivity contribution is 7.13. The van der Waals surface area contributed by atoms with Crippen molar-refractivity contribution in [3.8, 4) is 11.1 Å². The Morgan fingerprint density at radius 2 is 1.88 bits per heavy atom. The maximum absolute atomic E-state index is 12.1. The quantitative estimate of drug-likeness (QED) is 0.530. The molecule has 0 N–H and O–H groups in total. The molecule has 0 saturated carbocycles. The summed E-state index contributed by atoms with van der Waals surface area (Å²) in [4.78, 5) is 25.7. The molecule has 132 valence electrons. The first kappa shape index (κ1) is 18.9. The van der Waals surface area contributed by atoms with Crippen LogP contribution in [0.25, 0.3) is 17.2 Å². The van der Waals surface area contributed by atoms with Crippen LogP contribution in [0.2, 0.25) is 0 Å². The monoisotopic (exact) mass is 358 g/mol. The molecule has 0 unspecified atom stereocenters. The van der Waals surface area contributed by atoms with E-state index in [2.05, 4.69) is 17.7 Å². The summed E-state index contributed by atoms with van der Waals surface area (Å²) in [6.07, 6.45) is 6.33. The van der Waals surface area contributed by atoms with Crippen molar-refractivity contribution >= 4 is 29.4 Å². The summed E-state index contributed by atoms with van der Waals surface area (Å²) < 4.78 is 9.57. The van der Waals surface area contributed by atoms with E-state index < -0.39 is 5.97 Å². The van der Waals surface area contributed by atoms with Crippen LogP contribution in [-0.4, -0.2) is 26.2 Å². The van der Waals surface area contributed by atoms with Crippen LogP contribution in [0, 0.1) is 0 Å². The van der Waals surface area contributed by atoms with E-state index in [0.29, 0.717) is 5.56 Å². The molecule has 0 radical (unpaired) electrons. The van der Waals surface area contributed by atoms with Gasteiger partial charge in [0.2, 0.25) is 0 Å². The van der Waals surface area contributed by atoms with Gasteiger partial charge in [0.25, 0.3) is 0 Å². The zero-order chi connectivity index (χ0) is 18.2. The molecule has 0 amide bonds. The number of benzene rings is 1. The number of methoxy groups -OCH3 is 2. The Hall–Kier alpha value is -2.40. The SMILES string of the molecule is CCCCc1cc(-c2ccccc2C(=O)OC)c(/C=C/C(=O)OC)s1. The smallest absolute Gasteiger partial charge is 0.338 e. The van der Waals surface area contributed by atoms with Gasteiger partial charge < -0.3 is 9.47 Å². The predicted octanol–water partition coefficient (Wildman–Crippen LogP) is 4.73. The number of rotatable bonds is 7. The van der Waals surface area contributed by atoms with Gasteiger partial charge in [-0.05, 0) is 36.6 Å². The molecule has 2 aromatic rings. The number of carbonyl (C=O) groups excluding carboxylic acids is 2. The fraction of sp³-hybridized carbons (Fsp3) is 0.300. The second kappa shape index (κ2) is 9.18. The zero-order valence-electron chi connectivity index (χ0n) is 14.7. The number of unbranched alkanes of at least 4 members (excludes halogenated alkanes) is 1. The van der Waals surface area contributed by atoms with Crippen molar-refractivity contribution in [1.29, 1.82) is 0 Å². The first-order valence-electron chi connectivity index (χ1n) is 8.17. The van der Waals surface area contributed by atoms with Gasteiger partial charge in [-0.3, -0.25) is 0 Å². The molecule has 1 aromatic carbocycles. The van der Waals surface area contributed by atoms with Crippen molar-refractivity contribution in [1.82, 2.24) is 0 Å². The third kappa shape index (κ3) is 4.79. The number of aryl methyl sites for hydroxylation is 1. The zero-order valence-corrected chi connectivity index (χ0v) is 15.5. The van der Waals surface area contributed by atoms with Crippen molar-refractivity contribution in [3.05, 3.63) is 51.7 Å². The van der Waals surface area contributed by atoms with Crippen molar-refractivity contribution in [2.45, 2.75) is 26.2 Å². The normalized spacial score (nSPS) is 10.8. The molecule has 0 aliphatic heterocycles. The number of carbonyl (C=O) groups is 2. The van der Waals surface area contributed by atoms with Crippen LogP contribution < -0.4 is 0 Å². The predicted molar refractivity (Wildman–Crippen MR) is 101 cm³/mol. The molecule has 0 atom stereocenters. The number of hydrogen-bond acceptors (Lipinski definition) is 5. The van der Waals surface area contributed by atoms with E-state index in [-0.39, 0.29) is 5.97 Å². The summed E-state index contributed by atoms with van der Waals surface area (Å²) in [6.45, 7) is 2.15. The third-order valence-electron chi connectivity index (χ3n) is 3.78. The molecular weight excluding hydrogens is 336 g/mol. The molecule has 0 aliphatic rings. The van der Waals surface area contributed by atoms with Crippen molar-refractivity contribution in [2.75, 3.05) is 14.2 Å². The number of esters is 2. The minimum absolute atomic E-state index is 0.375. The second-order valence-corrected chi connectivity index (χ2v) is 6.66. The molecule has 0 aliphatic carbocycles. The largest absolute Gasteiger partial charge is 0.466 e. The summed E-state index contributed by atoms with van der Waals surface area (Å²) in [7, 11) is 2.72. The van der Waals surface area contributed by atoms with Gasteiger partial charge in [0.1, 0.15) is 0 Å². The number of thiophene rings is 1. The Morgan fingerprint density at radius 3 is 2.56 bits per heavy atom. The second-order valence-electron chi connectivity index (χ2n) is 5.49. The molecule has 1 aromatic heterocycles. The van der Waals surface area contributed by atoms with Gasteiger partial charge in [-0.25, -0.2) is 9.59 Å². The summed E-state index contributed by atoms with van der Waals surface area (Å²) in [5.74, 6) is -0.782. The lowest BCUT2D eigenvalue weighted by atomic mass is 9.99. The van der Waals surface area contributed by atoms with Gasteiger partial charge in [0.05, 0.1) is 19.8 Å². The Morgan fingerprint density at radius 1 is 1.12 bits per heavy atom. The van der Waals surface area contributed by atoms with Crippen LogP contribution in [0.5, 0.6) is 0 Å². The first-order chi connectivity index (χ1) is 12.1. The van der Waals surface area contributed by atoms with Gasteiger partial charge in [0, 0.05) is 21.4 Å². The Balaban J connectivity index is 2.51. The van der Waals surface area contributed by atoms with Gasteiger partial charge >= 0.3 is 11.9 Å². The Labute approximate surface area is 152 Å². The number of ether oxygens (including phenoxy) is 2. The van der Waals surface area contributed by atoms with E-state index in [0.717, 1.165) is 35.3 Å². The fourth-order valence-corrected chi connectivity index (χ4v) is 3.60. The fourth-order valence-electron chi connectivity index (χ4n) is 2.48. The highest BCUT2D eigenvalue weighted by Crippen LogP contribution is 2.35. The molecule has 2 rings (SSSR count). The topological polar surface area (TPSA) is 52.6 Å². The van der Waals surface area contributed by atoms with Gasteiger partial charge in [-0.2, -0.15) is 0 Å². The lowest BCUT2D eigenvalue weighted by Crippen LogP contribution is -2.03. The molecule has 4 nitrogen and oxygen atoms in total. The molecule has 0 saturated heterocycles. The molecule has 5 heteroatoms. The van der Waals surface area contributed by atoms with Crippen molar-refractivity contribution in [3.63, 3.8) is 0 Å². The van der Waals surface area contributed by atoms with Crippen LogP contribution in [0.1, 0.15) is 39.9 Å². The van der Waals surface area contributed by atoms with Crippen molar-refractivity contribution in [2.24, 2.45) is 0 Å². The Bertz CT molecular complexity index is 774. The minimum Gasteiger partial charge on any atom is -0.466 e. The van der Waals surface area contributed by atoms with Gasteiger partial charge in [0.15, 0.2) is 0 Å². The summed E-state index contributed by atoms with van der Waals surface area (Å²) in [5.41, 5.74) is 2.24. The third-order valence-corrected chi connectivity index (χ3v) is 4.94. The summed E-state index contributed by atoms with van der Waals surface area (Å²) in [6, 6.07) is 9.44. The van der Waals surface area contributed by atoms with E-state index in [4.69, 9.17) is 4.74 Å². The van der Waals surface area contributed by atoms with E-state index in [1.54, 1.807) is 23.5 Å². The molecular formula is C20H22O4S. The molecule has 25 heavy (non-hydrogen) atoms. The van der Waals surface area contributed by atoms with E-state index >= 15 is 0 Å². The highest BCUT2D eigenvalue weighted by atomic mass is 32.1. The first-order valence-corrected chi connectivity index (χ1v) is 8.98. The van der Waals surface area contributed by atoms with Crippen LogP contribution in [0.3, 0.4) is 0 Å². The Kier molecular flexibility index (Phi) is 6.95. The summed E-state index contributed by atoms with van der Waals surface area (Å²) in [5, 5.41) is 0. The lowest BCUT2D eigenvalue weighted by molar-refractivity contribution is -0.134. The van der Waals surface area contributed by atoms with E-state index in [9.17, 15) is 9.59 Å². The minimum atomic E-state index is -0.407. The van der Waals surface area contributed by atoms with Crippen LogP contribution >= 0.6 is 11.3 Å². The van der Waals surface area contributed by atoms with Crippen LogP contribution in [-0.2, 0) is 20.7 Å². The molecule has 1 heterocycles. The molecule has 0 spiro atoms. The molecule has 0 bridgehead atoms. The highest BCUT2D eigenvalue weighted by Gasteiger charge is 2.17. The average molecular weight is 358 g/mol. The maximum Gasteiger partial charge on any atom is 0.338 e. The maximum atomic E-state index is 12.1. The van der Waals surface area contributed by atoms with E-state index in [1.807, 2.05) is 18.2 Å². The summed E-state index contributed by atoms with van der Waals surface area (Å²) >= 11 is 1.63. The van der Waals surface area contributed by atoms with Crippen LogP contribution in [0.4, 0.5) is 0 Å². The average Bonchev–Trinajstić information content (AvgIpc) is 3.06. The van der Waals surface area contributed by atoms with Crippen LogP contribution in [0.15, 0.2) is 36.4 Å². The van der Waals surface area contributed by atoms with Crippen molar-refractivity contribution < 1.29 is 19.1 Å². The molecule has 0 fully saturated rings. The van der Waals surface area contributed by atoms with Gasteiger partial charge in [-0.15, -0.1) is 11.3 Å². The standard InChI is InChI=1S/C20H22O4S/c1-4-5-8-14-13-17(18(25-14)11-12-19(21)23-2)15-9-6-7-10-16(15)20(22)24-3/h6-7,9-13H,4-5,8H2,1-3H3/b12-11+. The lowest BCUT2D eigenvalue weighted by Gasteiger charge is -2.07.